The molecule has 1 aromatic rings. The van der Waals surface area contributed by atoms with Crippen LogP contribution in [0.3, 0.4) is 0 Å². The molecule has 114 valence electrons. The second kappa shape index (κ2) is 5.93. The Morgan fingerprint density at radius 2 is 2.10 bits per heavy atom. The molecule has 0 spiro atoms. The zero-order valence-electron chi connectivity index (χ0n) is 12.1. The SMILES string of the molecule is CC1(C)CCC(NC(=O)Nc2cccc(Cl)c2C(=O)O)C1. The van der Waals surface area contributed by atoms with E-state index in [4.69, 9.17) is 16.7 Å². The first kappa shape index (κ1) is 15.6. The second-order valence-electron chi connectivity index (χ2n) is 6.17. The van der Waals surface area contributed by atoms with E-state index < -0.39 is 12.0 Å². The zero-order valence-corrected chi connectivity index (χ0v) is 12.8. The number of benzene rings is 1. The first-order chi connectivity index (χ1) is 9.78. The van der Waals surface area contributed by atoms with E-state index in [1.807, 2.05) is 0 Å². The van der Waals surface area contributed by atoms with Gasteiger partial charge in [-0.1, -0.05) is 31.5 Å². The third-order valence-electron chi connectivity index (χ3n) is 3.78. The number of hydrogen-bond acceptors (Lipinski definition) is 2. The predicted molar refractivity (Wildman–Crippen MR) is 82.0 cm³/mol. The van der Waals surface area contributed by atoms with Crippen LogP contribution in [0.4, 0.5) is 10.5 Å². The molecule has 0 saturated heterocycles. The summed E-state index contributed by atoms with van der Waals surface area (Å²) < 4.78 is 0. The molecule has 1 aromatic carbocycles. The normalized spacial score (nSPS) is 20.0. The molecule has 21 heavy (non-hydrogen) atoms. The summed E-state index contributed by atoms with van der Waals surface area (Å²) in [6.07, 6.45) is 2.92. The Morgan fingerprint density at radius 1 is 1.38 bits per heavy atom. The van der Waals surface area contributed by atoms with Crippen LogP contribution in [0.15, 0.2) is 18.2 Å². The number of carboxylic acids is 1. The Labute approximate surface area is 128 Å². The van der Waals surface area contributed by atoms with E-state index in [1.165, 1.54) is 12.1 Å². The van der Waals surface area contributed by atoms with Crippen molar-refractivity contribution in [3.05, 3.63) is 28.8 Å². The van der Waals surface area contributed by atoms with Gasteiger partial charge in [0.25, 0.3) is 0 Å². The van der Waals surface area contributed by atoms with Crippen LogP contribution < -0.4 is 10.6 Å². The van der Waals surface area contributed by atoms with E-state index in [1.54, 1.807) is 6.07 Å². The number of urea groups is 1. The predicted octanol–water partition coefficient (Wildman–Crippen LogP) is 3.74. The molecular weight excluding hydrogens is 292 g/mol. The van der Waals surface area contributed by atoms with Crippen molar-refractivity contribution in [3.63, 3.8) is 0 Å². The lowest BCUT2D eigenvalue weighted by Gasteiger charge is -2.18. The summed E-state index contributed by atoms with van der Waals surface area (Å²) in [7, 11) is 0. The van der Waals surface area contributed by atoms with Gasteiger partial charge in [-0.3, -0.25) is 0 Å². The highest BCUT2D eigenvalue weighted by molar-refractivity contribution is 6.34. The van der Waals surface area contributed by atoms with Crippen molar-refractivity contribution in [2.75, 3.05) is 5.32 Å². The Balaban J connectivity index is 2.04. The van der Waals surface area contributed by atoms with Gasteiger partial charge in [-0.05, 0) is 36.8 Å². The molecule has 1 aliphatic carbocycles. The highest BCUT2D eigenvalue weighted by atomic mass is 35.5. The number of halogens is 1. The van der Waals surface area contributed by atoms with Crippen molar-refractivity contribution in [1.29, 1.82) is 0 Å². The maximum absolute atomic E-state index is 12.0. The van der Waals surface area contributed by atoms with Crippen LogP contribution in [-0.4, -0.2) is 23.1 Å². The lowest BCUT2D eigenvalue weighted by Crippen LogP contribution is -2.37. The summed E-state index contributed by atoms with van der Waals surface area (Å²) >= 11 is 5.86. The number of hydrogen-bond donors (Lipinski definition) is 3. The standard InChI is InChI=1S/C15H19ClN2O3/c1-15(2)7-6-9(8-15)17-14(21)18-11-5-3-4-10(16)12(11)13(19)20/h3-5,9H,6-8H2,1-2H3,(H,19,20)(H2,17,18,21). The average Bonchev–Trinajstić information content (AvgIpc) is 2.67. The molecule has 0 aromatic heterocycles. The topological polar surface area (TPSA) is 78.4 Å². The minimum Gasteiger partial charge on any atom is -0.478 e. The highest BCUT2D eigenvalue weighted by Gasteiger charge is 2.31. The second-order valence-corrected chi connectivity index (χ2v) is 6.58. The molecule has 3 N–H and O–H groups in total. The summed E-state index contributed by atoms with van der Waals surface area (Å²) in [4.78, 5) is 23.2. The zero-order chi connectivity index (χ0) is 15.6. The molecule has 0 heterocycles. The molecule has 0 aliphatic heterocycles. The van der Waals surface area contributed by atoms with Gasteiger partial charge in [-0.25, -0.2) is 9.59 Å². The molecule has 5 nitrogen and oxygen atoms in total. The first-order valence-electron chi connectivity index (χ1n) is 6.88. The van der Waals surface area contributed by atoms with E-state index in [-0.39, 0.29) is 27.7 Å². The summed E-state index contributed by atoms with van der Waals surface area (Å²) in [6, 6.07) is 4.32. The van der Waals surface area contributed by atoms with Crippen LogP contribution in [0.5, 0.6) is 0 Å². The van der Waals surface area contributed by atoms with E-state index in [0.717, 1.165) is 19.3 Å². The van der Waals surface area contributed by atoms with E-state index in [9.17, 15) is 9.59 Å². The van der Waals surface area contributed by atoms with Crippen LogP contribution in [-0.2, 0) is 0 Å². The Hall–Kier alpha value is -1.75. The molecule has 2 rings (SSSR count). The number of rotatable bonds is 3. The fourth-order valence-electron chi connectivity index (χ4n) is 2.75. The molecule has 0 radical (unpaired) electrons. The Morgan fingerprint density at radius 3 is 2.67 bits per heavy atom. The fourth-order valence-corrected chi connectivity index (χ4v) is 3.00. The molecular formula is C15H19ClN2O3. The first-order valence-corrected chi connectivity index (χ1v) is 7.26. The quantitative estimate of drug-likeness (QED) is 0.795. The van der Waals surface area contributed by atoms with Crippen molar-refractivity contribution >= 4 is 29.3 Å². The van der Waals surface area contributed by atoms with Crippen molar-refractivity contribution < 1.29 is 14.7 Å². The van der Waals surface area contributed by atoms with Crippen molar-refractivity contribution in [2.24, 2.45) is 5.41 Å². The van der Waals surface area contributed by atoms with Crippen LogP contribution in [0.2, 0.25) is 5.02 Å². The summed E-state index contributed by atoms with van der Waals surface area (Å²) in [6.45, 7) is 4.35. The van der Waals surface area contributed by atoms with Crippen LogP contribution in [0, 0.1) is 5.41 Å². The molecule has 1 atom stereocenters. The molecule has 0 bridgehead atoms. The molecule has 1 aliphatic rings. The monoisotopic (exact) mass is 310 g/mol. The van der Waals surface area contributed by atoms with Gasteiger partial charge in [-0.15, -0.1) is 0 Å². The number of carbonyl (C=O) groups is 2. The van der Waals surface area contributed by atoms with Crippen LogP contribution in [0.25, 0.3) is 0 Å². The summed E-state index contributed by atoms with van der Waals surface area (Å²) in [5.41, 5.74) is 0.339. The smallest absolute Gasteiger partial charge is 0.339 e. The average molecular weight is 311 g/mol. The number of amides is 2. The highest BCUT2D eigenvalue weighted by Crippen LogP contribution is 2.36. The van der Waals surface area contributed by atoms with Gasteiger partial charge in [0.05, 0.1) is 10.7 Å². The van der Waals surface area contributed by atoms with E-state index in [2.05, 4.69) is 24.5 Å². The minimum absolute atomic E-state index is 0.0962. The molecule has 1 unspecified atom stereocenters. The van der Waals surface area contributed by atoms with Gasteiger partial charge >= 0.3 is 12.0 Å². The van der Waals surface area contributed by atoms with Gasteiger partial charge in [0.2, 0.25) is 0 Å². The van der Waals surface area contributed by atoms with Crippen molar-refractivity contribution in [1.82, 2.24) is 5.32 Å². The molecule has 2 amide bonds. The van der Waals surface area contributed by atoms with Gasteiger partial charge in [0, 0.05) is 6.04 Å². The summed E-state index contributed by atoms with van der Waals surface area (Å²) in [5, 5.41) is 14.7. The van der Waals surface area contributed by atoms with Crippen LogP contribution in [0.1, 0.15) is 43.5 Å². The third kappa shape index (κ3) is 3.88. The number of carboxylic acid groups (broad SMARTS) is 1. The maximum atomic E-state index is 12.0. The fraction of sp³-hybridized carbons (Fsp3) is 0.467. The molecule has 1 fully saturated rings. The number of aromatic carboxylic acids is 1. The Bertz CT molecular complexity index is 572. The van der Waals surface area contributed by atoms with Gasteiger partial charge in [0.1, 0.15) is 5.56 Å². The number of anilines is 1. The lowest BCUT2D eigenvalue weighted by atomic mass is 9.92. The van der Waals surface area contributed by atoms with Gasteiger partial charge in [-0.2, -0.15) is 0 Å². The van der Waals surface area contributed by atoms with Gasteiger partial charge in [0.15, 0.2) is 0 Å². The summed E-state index contributed by atoms with van der Waals surface area (Å²) in [5.74, 6) is -1.17. The van der Waals surface area contributed by atoms with E-state index >= 15 is 0 Å². The number of carbonyl (C=O) groups excluding carboxylic acids is 1. The molecule has 6 heteroatoms. The number of nitrogens with one attached hydrogen (secondary N) is 2. The maximum Gasteiger partial charge on any atom is 0.339 e. The third-order valence-corrected chi connectivity index (χ3v) is 4.09. The van der Waals surface area contributed by atoms with Crippen LogP contribution >= 0.6 is 11.6 Å². The van der Waals surface area contributed by atoms with Crippen molar-refractivity contribution in [3.8, 4) is 0 Å². The van der Waals surface area contributed by atoms with Gasteiger partial charge < -0.3 is 15.7 Å². The van der Waals surface area contributed by atoms with E-state index in [0.29, 0.717) is 0 Å². The minimum atomic E-state index is -1.17. The lowest BCUT2D eigenvalue weighted by molar-refractivity contribution is 0.0698. The Kier molecular flexibility index (Phi) is 4.42. The molecule has 1 saturated carbocycles. The largest absolute Gasteiger partial charge is 0.478 e. The van der Waals surface area contributed by atoms with Crippen molar-refractivity contribution in [2.45, 2.75) is 39.2 Å².